The van der Waals surface area contributed by atoms with E-state index in [4.69, 9.17) is 4.74 Å². The van der Waals surface area contributed by atoms with Crippen LogP contribution in [0.15, 0.2) is 30.3 Å². The van der Waals surface area contributed by atoms with E-state index < -0.39 is 0 Å². The first-order valence-corrected chi connectivity index (χ1v) is 11.7. The van der Waals surface area contributed by atoms with Crippen LogP contribution in [0.2, 0.25) is 0 Å². The van der Waals surface area contributed by atoms with E-state index in [2.05, 4.69) is 31.2 Å². The highest BCUT2D eigenvalue weighted by Crippen LogP contribution is 2.18. The fraction of sp³-hybridized carbons (Fsp3) is 0.720. The summed E-state index contributed by atoms with van der Waals surface area (Å²) in [6.07, 6.45) is 13.2. The predicted molar refractivity (Wildman–Crippen MR) is 121 cm³/mol. The molecular formula is C25H44NO3+. The van der Waals surface area contributed by atoms with E-state index in [1.54, 1.807) is 0 Å². The standard InChI is InChI=1S/C25H44NO3/c1-3-4-5-6-7-8-9-10-11-15-18-26(19-21-27,20-22-29-24(2)28)23-25-16-13-12-14-17-25/h12-14,16-17,27H,3-11,15,18-23H2,1-2H3/q+1. The largest absolute Gasteiger partial charge is 0.460 e. The van der Waals surface area contributed by atoms with Gasteiger partial charge in [-0.1, -0.05) is 88.6 Å². The average Bonchev–Trinajstić information content (AvgIpc) is 2.70. The van der Waals surface area contributed by atoms with Crippen molar-refractivity contribution in [3.63, 3.8) is 0 Å². The summed E-state index contributed by atoms with van der Waals surface area (Å²) < 4.78 is 6.03. The Morgan fingerprint density at radius 2 is 1.45 bits per heavy atom. The molecule has 0 bridgehead atoms. The lowest BCUT2D eigenvalue weighted by atomic mass is 10.1. The third-order valence-corrected chi connectivity index (χ3v) is 5.79. The molecule has 4 nitrogen and oxygen atoms in total. The van der Waals surface area contributed by atoms with Crippen molar-refractivity contribution in [2.45, 2.75) is 84.6 Å². The molecule has 0 saturated heterocycles. The molecule has 0 radical (unpaired) electrons. The van der Waals surface area contributed by atoms with Gasteiger partial charge in [0, 0.05) is 12.5 Å². The van der Waals surface area contributed by atoms with Gasteiger partial charge in [0.15, 0.2) is 0 Å². The number of rotatable bonds is 18. The number of nitrogens with zero attached hydrogens (tertiary/aromatic N) is 1. The fourth-order valence-electron chi connectivity index (χ4n) is 4.07. The number of benzene rings is 1. The van der Waals surface area contributed by atoms with E-state index in [1.807, 2.05) is 6.07 Å². The van der Waals surface area contributed by atoms with Crippen LogP contribution in [0.5, 0.6) is 0 Å². The summed E-state index contributed by atoms with van der Waals surface area (Å²) in [5.41, 5.74) is 1.27. The van der Waals surface area contributed by atoms with Crippen LogP contribution in [0.3, 0.4) is 0 Å². The number of quaternary nitrogens is 1. The van der Waals surface area contributed by atoms with Crippen molar-refractivity contribution in [1.82, 2.24) is 0 Å². The Morgan fingerprint density at radius 1 is 0.862 bits per heavy atom. The van der Waals surface area contributed by atoms with Gasteiger partial charge in [-0.25, -0.2) is 0 Å². The van der Waals surface area contributed by atoms with E-state index in [1.165, 1.54) is 70.3 Å². The van der Waals surface area contributed by atoms with E-state index in [-0.39, 0.29) is 12.6 Å². The van der Waals surface area contributed by atoms with Crippen molar-refractivity contribution in [3.8, 4) is 0 Å². The molecule has 0 aliphatic heterocycles. The van der Waals surface area contributed by atoms with Crippen molar-refractivity contribution < 1.29 is 19.1 Å². The van der Waals surface area contributed by atoms with Crippen molar-refractivity contribution in [3.05, 3.63) is 35.9 Å². The molecule has 1 atom stereocenters. The predicted octanol–water partition coefficient (Wildman–Crippen LogP) is 5.48. The number of carbonyl (C=O) groups excluding carboxylic acids is 1. The smallest absolute Gasteiger partial charge is 0.302 e. The Labute approximate surface area is 178 Å². The maximum absolute atomic E-state index is 11.2. The highest BCUT2D eigenvalue weighted by Gasteiger charge is 2.27. The number of aliphatic hydroxyl groups is 1. The molecule has 29 heavy (non-hydrogen) atoms. The number of aliphatic hydroxyl groups excluding tert-OH is 1. The van der Waals surface area contributed by atoms with Gasteiger partial charge < -0.3 is 14.3 Å². The number of carbonyl (C=O) groups is 1. The van der Waals surface area contributed by atoms with E-state index in [0.29, 0.717) is 13.2 Å². The summed E-state index contributed by atoms with van der Waals surface area (Å²) in [6, 6.07) is 10.5. The van der Waals surface area contributed by atoms with Gasteiger partial charge in [0.25, 0.3) is 0 Å². The minimum absolute atomic E-state index is 0.157. The maximum Gasteiger partial charge on any atom is 0.302 e. The van der Waals surface area contributed by atoms with Crippen LogP contribution in [0.1, 0.15) is 83.6 Å². The van der Waals surface area contributed by atoms with Crippen LogP contribution in [0.4, 0.5) is 0 Å². The minimum atomic E-state index is -0.231. The summed E-state index contributed by atoms with van der Waals surface area (Å²) in [4.78, 5) is 11.2. The maximum atomic E-state index is 11.2. The molecule has 4 heteroatoms. The molecule has 1 N–H and O–H groups in total. The molecule has 0 amide bonds. The molecular weight excluding hydrogens is 362 g/mol. The fourth-order valence-corrected chi connectivity index (χ4v) is 4.07. The molecule has 1 aromatic rings. The van der Waals surface area contributed by atoms with Crippen molar-refractivity contribution in [1.29, 1.82) is 0 Å². The molecule has 0 heterocycles. The highest BCUT2D eigenvalue weighted by molar-refractivity contribution is 5.65. The monoisotopic (exact) mass is 406 g/mol. The third kappa shape index (κ3) is 12.7. The van der Waals surface area contributed by atoms with Gasteiger partial charge in [-0.3, -0.25) is 4.79 Å². The number of unbranched alkanes of at least 4 members (excludes halogenated alkanes) is 9. The van der Waals surface area contributed by atoms with Gasteiger partial charge in [0.05, 0.1) is 13.2 Å². The summed E-state index contributed by atoms with van der Waals surface area (Å²) in [5, 5.41) is 9.73. The van der Waals surface area contributed by atoms with Crippen LogP contribution < -0.4 is 0 Å². The molecule has 0 aliphatic carbocycles. The highest BCUT2D eigenvalue weighted by atomic mass is 16.5. The summed E-state index contributed by atoms with van der Waals surface area (Å²) in [7, 11) is 0. The van der Waals surface area contributed by atoms with Crippen molar-refractivity contribution in [2.24, 2.45) is 0 Å². The lowest BCUT2D eigenvalue weighted by molar-refractivity contribution is -0.941. The molecule has 1 aromatic carbocycles. The van der Waals surface area contributed by atoms with Gasteiger partial charge in [-0.05, 0) is 12.8 Å². The van der Waals surface area contributed by atoms with Crippen molar-refractivity contribution >= 4 is 5.97 Å². The SMILES string of the molecule is CCCCCCCCCCCC[N+](CCO)(CCOC(C)=O)Cc1ccccc1. The van der Waals surface area contributed by atoms with Gasteiger partial charge in [-0.15, -0.1) is 0 Å². The van der Waals surface area contributed by atoms with Crippen LogP contribution in [-0.4, -0.2) is 48.4 Å². The van der Waals surface area contributed by atoms with Gasteiger partial charge in [0.1, 0.15) is 26.2 Å². The molecule has 166 valence electrons. The topological polar surface area (TPSA) is 46.5 Å². The molecule has 0 fully saturated rings. The molecule has 0 saturated carbocycles. The second kappa shape index (κ2) is 16.4. The second-order valence-corrected chi connectivity index (χ2v) is 8.40. The Bertz CT molecular complexity index is 520. The lowest BCUT2D eigenvalue weighted by Gasteiger charge is -2.38. The normalized spacial score (nSPS) is 13.2. The Morgan fingerprint density at radius 3 is 2.00 bits per heavy atom. The Balaban J connectivity index is 2.46. The van der Waals surface area contributed by atoms with E-state index in [9.17, 15) is 9.90 Å². The number of esters is 1. The van der Waals surface area contributed by atoms with Crippen LogP contribution in [-0.2, 0) is 16.1 Å². The van der Waals surface area contributed by atoms with Crippen molar-refractivity contribution in [2.75, 3.05) is 32.8 Å². The number of hydrogen-bond acceptors (Lipinski definition) is 3. The number of hydrogen-bond donors (Lipinski definition) is 1. The Kier molecular flexibility index (Phi) is 14.5. The second-order valence-electron chi connectivity index (χ2n) is 8.40. The first-order chi connectivity index (χ1) is 14.1. The average molecular weight is 407 g/mol. The molecule has 1 unspecified atom stereocenters. The van der Waals surface area contributed by atoms with Crippen LogP contribution in [0, 0.1) is 0 Å². The molecule has 0 spiro atoms. The summed E-state index contributed by atoms with van der Waals surface area (Å²) >= 11 is 0. The molecule has 1 rings (SSSR count). The Hall–Kier alpha value is -1.39. The van der Waals surface area contributed by atoms with Crippen LogP contribution in [0.25, 0.3) is 0 Å². The summed E-state index contributed by atoms with van der Waals surface area (Å²) in [5.74, 6) is -0.231. The zero-order valence-corrected chi connectivity index (χ0v) is 18.9. The van der Waals surface area contributed by atoms with E-state index in [0.717, 1.165) is 30.5 Å². The third-order valence-electron chi connectivity index (χ3n) is 5.79. The lowest BCUT2D eigenvalue weighted by Crippen LogP contribution is -2.51. The quantitative estimate of drug-likeness (QED) is 0.199. The zero-order valence-electron chi connectivity index (χ0n) is 18.9. The van der Waals surface area contributed by atoms with Gasteiger partial charge in [-0.2, -0.15) is 0 Å². The van der Waals surface area contributed by atoms with E-state index >= 15 is 0 Å². The minimum Gasteiger partial charge on any atom is -0.460 e. The number of ether oxygens (including phenoxy) is 1. The zero-order chi connectivity index (χ0) is 21.2. The van der Waals surface area contributed by atoms with Gasteiger partial charge in [0.2, 0.25) is 0 Å². The first kappa shape index (κ1) is 25.6. The molecule has 0 aliphatic rings. The van der Waals surface area contributed by atoms with Gasteiger partial charge >= 0.3 is 5.97 Å². The summed E-state index contributed by atoms with van der Waals surface area (Å²) in [6.45, 7) is 7.65. The van der Waals surface area contributed by atoms with Crippen LogP contribution >= 0.6 is 0 Å². The first-order valence-electron chi connectivity index (χ1n) is 11.7. The molecule has 0 aromatic heterocycles.